The largest absolute Gasteiger partial charge is 0.505 e. The highest BCUT2D eigenvalue weighted by Crippen LogP contribution is 2.39. The molecule has 1 aromatic heterocycles. The van der Waals surface area contributed by atoms with Gasteiger partial charge in [-0.3, -0.25) is 14.4 Å². The lowest BCUT2D eigenvalue weighted by molar-refractivity contribution is -0.113. The van der Waals surface area contributed by atoms with Crippen molar-refractivity contribution in [2.24, 2.45) is 0 Å². The first kappa shape index (κ1) is 19.1. The summed E-state index contributed by atoms with van der Waals surface area (Å²) in [5.74, 6) is -1.07. The van der Waals surface area contributed by atoms with Crippen LogP contribution >= 0.6 is 11.3 Å². The number of aryl methyl sites for hydroxylation is 2. The Balaban J connectivity index is 1.60. The number of rotatable bonds is 2. The number of anilines is 1. The lowest BCUT2D eigenvalue weighted by Gasteiger charge is -2.29. The molecule has 0 saturated carbocycles. The summed E-state index contributed by atoms with van der Waals surface area (Å²) in [6.45, 7) is 0. The molecular weight excluding hydrogens is 422 g/mol. The van der Waals surface area contributed by atoms with E-state index in [1.165, 1.54) is 24.5 Å². The number of sulfonamides is 1. The zero-order valence-electron chi connectivity index (χ0n) is 16.2. The summed E-state index contributed by atoms with van der Waals surface area (Å²) in [6, 6.07) is 10.3. The van der Waals surface area contributed by atoms with Crippen molar-refractivity contribution in [2.75, 3.05) is 12.4 Å². The summed E-state index contributed by atoms with van der Waals surface area (Å²) in [4.78, 5) is 18.6. The Labute approximate surface area is 177 Å². The van der Waals surface area contributed by atoms with Crippen molar-refractivity contribution in [3.05, 3.63) is 58.2 Å². The van der Waals surface area contributed by atoms with Crippen LogP contribution in [0, 0.1) is 0 Å². The van der Waals surface area contributed by atoms with Crippen LogP contribution in [0.25, 0.3) is 16.5 Å². The molecule has 2 aromatic carbocycles. The van der Waals surface area contributed by atoms with E-state index in [-0.39, 0.29) is 21.9 Å². The van der Waals surface area contributed by atoms with Gasteiger partial charge in [-0.25, -0.2) is 13.4 Å². The molecule has 1 aliphatic carbocycles. The molecule has 2 heterocycles. The van der Waals surface area contributed by atoms with E-state index in [1.54, 1.807) is 24.3 Å². The average molecular weight is 442 g/mol. The maximum absolute atomic E-state index is 13.3. The smallest absolute Gasteiger partial charge is 0.278 e. The Morgan fingerprint density at radius 2 is 1.93 bits per heavy atom. The van der Waals surface area contributed by atoms with Gasteiger partial charge in [0.05, 0.1) is 5.69 Å². The molecule has 154 valence electrons. The minimum atomic E-state index is -4.03. The van der Waals surface area contributed by atoms with E-state index >= 15 is 0 Å². The molecule has 0 atom stereocenters. The van der Waals surface area contributed by atoms with Crippen LogP contribution < -0.4 is 5.32 Å². The summed E-state index contributed by atoms with van der Waals surface area (Å²) in [7, 11) is -2.76. The Bertz CT molecular complexity index is 1320. The number of nitrogens with one attached hydrogen (secondary N) is 1. The molecule has 0 radical (unpaired) electrons. The molecule has 0 spiro atoms. The van der Waals surface area contributed by atoms with Crippen molar-refractivity contribution >= 4 is 48.9 Å². The van der Waals surface area contributed by atoms with E-state index in [2.05, 4.69) is 10.3 Å². The van der Waals surface area contributed by atoms with Crippen molar-refractivity contribution in [3.63, 3.8) is 0 Å². The zero-order chi connectivity index (χ0) is 21.0. The van der Waals surface area contributed by atoms with Gasteiger partial charge in [0.2, 0.25) is 0 Å². The second-order valence-electron chi connectivity index (χ2n) is 7.38. The molecule has 2 N–H and O–H groups in total. The maximum Gasteiger partial charge on any atom is 0.278 e. The van der Waals surface area contributed by atoms with Gasteiger partial charge >= 0.3 is 0 Å². The molecule has 5 rings (SSSR count). The number of aliphatic hydroxyl groups excluding tert-OH is 1. The number of likely N-dealkylation sites (N-methyl/N-ethyl adjacent to an activating group) is 1. The topological polar surface area (TPSA) is 99.6 Å². The van der Waals surface area contributed by atoms with Crippen molar-refractivity contribution in [3.8, 4) is 0 Å². The highest BCUT2D eigenvalue weighted by Gasteiger charge is 2.39. The van der Waals surface area contributed by atoms with E-state index in [9.17, 15) is 18.3 Å². The van der Waals surface area contributed by atoms with Crippen LogP contribution in [0.2, 0.25) is 0 Å². The molecule has 0 unspecified atom stereocenters. The number of aromatic nitrogens is 1. The monoisotopic (exact) mass is 441 g/mol. The van der Waals surface area contributed by atoms with Crippen LogP contribution in [-0.2, 0) is 27.7 Å². The quantitative estimate of drug-likeness (QED) is 0.632. The van der Waals surface area contributed by atoms with Gasteiger partial charge in [0.15, 0.2) is 16.6 Å². The molecule has 0 bridgehead atoms. The molecule has 9 heteroatoms. The molecule has 1 amide bonds. The highest BCUT2D eigenvalue weighted by molar-refractivity contribution is 7.89. The predicted molar refractivity (Wildman–Crippen MR) is 116 cm³/mol. The van der Waals surface area contributed by atoms with Crippen molar-refractivity contribution in [1.29, 1.82) is 0 Å². The van der Waals surface area contributed by atoms with Gasteiger partial charge in [-0.05, 0) is 37.1 Å². The van der Waals surface area contributed by atoms with Crippen LogP contribution in [0.4, 0.5) is 5.13 Å². The maximum atomic E-state index is 13.3. The van der Waals surface area contributed by atoms with Crippen molar-refractivity contribution in [1.82, 2.24) is 9.29 Å². The van der Waals surface area contributed by atoms with Crippen LogP contribution in [-0.4, -0.2) is 35.8 Å². The zero-order valence-corrected chi connectivity index (χ0v) is 17.8. The fourth-order valence-corrected chi connectivity index (χ4v) is 6.69. The number of thiazole rings is 1. The third-order valence-corrected chi connectivity index (χ3v) is 8.51. The van der Waals surface area contributed by atoms with E-state index in [1.807, 2.05) is 6.07 Å². The van der Waals surface area contributed by atoms with Crippen LogP contribution in [0.1, 0.15) is 29.0 Å². The summed E-state index contributed by atoms with van der Waals surface area (Å²) < 4.78 is 27.4. The van der Waals surface area contributed by atoms with Crippen LogP contribution in [0.15, 0.2) is 47.0 Å². The Morgan fingerprint density at radius 1 is 1.17 bits per heavy atom. The molecule has 2 aliphatic rings. The van der Waals surface area contributed by atoms with Crippen LogP contribution in [0.5, 0.6) is 0 Å². The molecule has 30 heavy (non-hydrogen) atoms. The Kier molecular flexibility index (Phi) is 4.33. The summed E-state index contributed by atoms with van der Waals surface area (Å²) in [5.41, 5.74) is 0.794. The second kappa shape index (κ2) is 6.82. The molecule has 1 aliphatic heterocycles. The third kappa shape index (κ3) is 2.80. The van der Waals surface area contributed by atoms with Gasteiger partial charge in [-0.1, -0.05) is 30.3 Å². The fraction of sp³-hybridized carbons (Fsp3) is 0.238. The molecule has 0 saturated heterocycles. The lowest BCUT2D eigenvalue weighted by atomic mass is 10.0. The van der Waals surface area contributed by atoms with Gasteiger partial charge in [0.25, 0.3) is 15.9 Å². The lowest BCUT2D eigenvalue weighted by Crippen LogP contribution is -2.37. The molecule has 7 nitrogen and oxygen atoms in total. The number of nitrogens with zero attached hydrogens (tertiary/aromatic N) is 2. The highest BCUT2D eigenvalue weighted by atomic mass is 32.2. The number of hydrogen-bond acceptors (Lipinski definition) is 6. The number of benzene rings is 2. The predicted octanol–water partition coefficient (Wildman–Crippen LogP) is 3.67. The minimum Gasteiger partial charge on any atom is -0.505 e. The third-order valence-electron chi connectivity index (χ3n) is 5.57. The Hall–Kier alpha value is -2.91. The number of amides is 1. The van der Waals surface area contributed by atoms with Gasteiger partial charge in [-0.2, -0.15) is 0 Å². The first-order valence-electron chi connectivity index (χ1n) is 9.62. The van der Waals surface area contributed by atoms with E-state index in [0.717, 1.165) is 45.9 Å². The SMILES string of the molecule is CN1C(C(=O)Nc2nc3c(s2)CCCC3)=C(O)c2ccc3ccccc3c2S1(=O)=O. The number of aliphatic hydroxyl groups is 1. The van der Waals surface area contributed by atoms with Gasteiger partial charge < -0.3 is 5.11 Å². The number of fused-ring (bicyclic) bond motifs is 4. The molecule has 0 fully saturated rings. The average Bonchev–Trinajstić information content (AvgIpc) is 3.14. The van der Waals surface area contributed by atoms with Crippen molar-refractivity contribution in [2.45, 2.75) is 30.6 Å². The normalized spacial score (nSPS) is 17.6. The standard InChI is InChI=1S/C21H19N3O4S2/c1-24-17(20(26)23-21-22-15-8-4-5-9-16(15)29-21)18(25)14-11-10-12-6-2-3-7-13(12)19(14)30(24,27)28/h2-3,6-7,10-11,25H,4-5,8-9H2,1H3,(H,22,23,26). The number of carbonyl (C=O) groups excluding carboxylic acids is 1. The number of hydrogen-bond donors (Lipinski definition) is 2. The van der Waals surface area contributed by atoms with E-state index in [4.69, 9.17) is 0 Å². The van der Waals surface area contributed by atoms with Crippen LogP contribution in [0.3, 0.4) is 0 Å². The second-order valence-corrected chi connectivity index (χ2v) is 10.4. The fourth-order valence-electron chi connectivity index (χ4n) is 4.05. The van der Waals surface area contributed by atoms with Gasteiger partial charge in [0, 0.05) is 22.9 Å². The Morgan fingerprint density at radius 3 is 2.73 bits per heavy atom. The van der Waals surface area contributed by atoms with Crippen molar-refractivity contribution < 1.29 is 18.3 Å². The van der Waals surface area contributed by atoms with Gasteiger partial charge in [-0.15, -0.1) is 11.3 Å². The summed E-state index contributed by atoms with van der Waals surface area (Å²) in [5, 5.41) is 15.2. The summed E-state index contributed by atoms with van der Waals surface area (Å²) in [6.07, 6.45) is 3.98. The number of carbonyl (C=O) groups is 1. The molecule has 3 aromatic rings. The van der Waals surface area contributed by atoms with Gasteiger partial charge in [0.1, 0.15) is 4.90 Å². The molecular formula is C21H19N3O4S2. The summed E-state index contributed by atoms with van der Waals surface area (Å²) >= 11 is 1.40. The van der Waals surface area contributed by atoms with E-state index < -0.39 is 15.9 Å². The van der Waals surface area contributed by atoms with E-state index in [0.29, 0.717) is 10.5 Å². The first-order chi connectivity index (χ1) is 14.4. The minimum absolute atomic E-state index is 0.00172. The first-order valence-corrected chi connectivity index (χ1v) is 11.9.